The molecule has 0 fully saturated rings. The number of aryl methyl sites for hydroxylation is 6. The van der Waals surface area contributed by atoms with Crippen molar-refractivity contribution < 1.29 is 73.1 Å². The van der Waals surface area contributed by atoms with Crippen molar-refractivity contribution in [3.05, 3.63) is 92.6 Å². The van der Waals surface area contributed by atoms with E-state index in [1.165, 1.54) is 65.7 Å². The van der Waals surface area contributed by atoms with Crippen LogP contribution in [0, 0.1) is 47.6 Å². The Labute approximate surface area is 300 Å². The van der Waals surface area contributed by atoms with Crippen molar-refractivity contribution in [3.8, 4) is 17.2 Å². The summed E-state index contributed by atoms with van der Waals surface area (Å²) in [6.07, 6.45) is 4.08. The Morgan fingerprint density at radius 1 is 0.545 bits per heavy atom. The van der Waals surface area contributed by atoms with Crippen molar-refractivity contribution in [2.24, 2.45) is 0 Å². The SMILES string of the molecule is COc1cc(C)cc(C)c1[Si](c1c(C)cc(C)cc1OC)(c1c(C)cc(C)cc1OC)C1(C)[C-]=C(C)C(C)=C1C.[Cl-].[Cl-].[Cl-].[Ti+4]. The van der Waals surface area contributed by atoms with E-state index in [4.69, 9.17) is 14.2 Å². The maximum absolute atomic E-state index is 6.33. The number of hydrogen-bond donors (Lipinski definition) is 0. The normalized spacial score (nSPS) is 15.7. The minimum atomic E-state index is -3.23. The molecule has 0 aromatic heterocycles. The van der Waals surface area contributed by atoms with Crippen LogP contribution in [-0.4, -0.2) is 29.4 Å². The van der Waals surface area contributed by atoms with Gasteiger partial charge in [-0.25, -0.2) is 5.57 Å². The second kappa shape index (κ2) is 15.8. The first-order valence-corrected chi connectivity index (χ1v) is 16.1. The minimum Gasteiger partial charge on any atom is -1.00 e. The number of hydrogen-bond acceptors (Lipinski definition) is 3. The predicted octanol–water partition coefficient (Wildman–Crippen LogP) is -2.10. The van der Waals surface area contributed by atoms with E-state index in [1.807, 2.05) is 0 Å². The van der Waals surface area contributed by atoms with Crippen LogP contribution in [0.3, 0.4) is 0 Å². The standard InChI is InChI=1S/C36H45O3Si.3ClH.Ti/c1-21-14-24(4)33(30(17-21)37-11)40(36(10)20-27(7)28(8)29(36)9,34-25(5)15-22(2)18-31(34)38-12)35-26(6)16-23(3)19-32(35)39-13;;;;/h14-19H,1-13H3;3*1H;/q-1;;;;+4/p-3. The molecule has 44 heavy (non-hydrogen) atoms. The quantitative estimate of drug-likeness (QED) is 0.160. The molecular formula is C36H45Cl3O3SiTi. The fourth-order valence-electron chi connectivity index (χ4n) is 7.43. The Balaban J connectivity index is 0.00000462. The van der Waals surface area contributed by atoms with Crippen LogP contribution in [0.5, 0.6) is 17.2 Å². The molecule has 236 valence electrons. The summed E-state index contributed by atoms with van der Waals surface area (Å²) in [6.45, 7) is 22.2. The molecule has 3 aromatic carbocycles. The van der Waals surface area contributed by atoms with Gasteiger partial charge in [-0.05, 0) is 109 Å². The Morgan fingerprint density at radius 2 is 0.841 bits per heavy atom. The van der Waals surface area contributed by atoms with Gasteiger partial charge in [0.25, 0.3) is 0 Å². The number of methoxy groups -OCH3 is 3. The molecule has 0 amide bonds. The zero-order chi connectivity index (χ0) is 29.7. The predicted molar refractivity (Wildman–Crippen MR) is 171 cm³/mol. The molecule has 0 bridgehead atoms. The fourth-order valence-corrected chi connectivity index (χ4v) is 14.4. The Hall–Kier alpha value is -1.66. The maximum atomic E-state index is 6.33. The summed E-state index contributed by atoms with van der Waals surface area (Å²) in [5.41, 5.74) is 11.0. The maximum Gasteiger partial charge on any atom is 4.00 e. The molecule has 0 heterocycles. The number of allylic oxidation sites excluding steroid dienone is 4. The van der Waals surface area contributed by atoms with Crippen LogP contribution in [0.4, 0.5) is 0 Å². The number of rotatable bonds is 7. The van der Waals surface area contributed by atoms with Gasteiger partial charge in [0.15, 0.2) is 8.07 Å². The first-order valence-electron chi connectivity index (χ1n) is 14.1. The summed E-state index contributed by atoms with van der Waals surface area (Å²) in [4.78, 5) is 0. The average molecular weight is 708 g/mol. The molecule has 0 aliphatic heterocycles. The Kier molecular flexibility index (Phi) is 15.2. The van der Waals surface area contributed by atoms with Gasteiger partial charge in [-0.3, -0.25) is 6.08 Å². The molecule has 0 spiro atoms. The summed E-state index contributed by atoms with van der Waals surface area (Å²) in [6, 6.07) is 13.5. The van der Waals surface area contributed by atoms with E-state index in [2.05, 4.69) is 112 Å². The summed E-state index contributed by atoms with van der Waals surface area (Å²) >= 11 is 0. The third-order valence-corrected chi connectivity index (χ3v) is 15.4. The van der Waals surface area contributed by atoms with Crippen LogP contribution >= 0.6 is 0 Å². The third-order valence-electron chi connectivity index (χ3n) is 9.18. The minimum absolute atomic E-state index is 0. The fraction of sp³-hybridized carbons (Fsp3) is 0.389. The second-order valence-corrected chi connectivity index (χ2v) is 15.9. The van der Waals surface area contributed by atoms with E-state index in [9.17, 15) is 0 Å². The van der Waals surface area contributed by atoms with Gasteiger partial charge < -0.3 is 51.4 Å². The monoisotopic (exact) mass is 706 g/mol. The van der Waals surface area contributed by atoms with Crippen LogP contribution in [-0.2, 0) is 21.7 Å². The molecule has 1 aliphatic rings. The van der Waals surface area contributed by atoms with Crippen LogP contribution in [0.15, 0.2) is 53.1 Å². The van der Waals surface area contributed by atoms with Gasteiger partial charge in [0.05, 0.1) is 21.3 Å². The molecule has 4 rings (SSSR count). The summed E-state index contributed by atoms with van der Waals surface area (Å²) in [5, 5.41) is 3.27. The van der Waals surface area contributed by atoms with Gasteiger partial charge >= 0.3 is 21.7 Å². The Bertz CT molecular complexity index is 1440. The van der Waals surface area contributed by atoms with E-state index < -0.39 is 13.1 Å². The molecule has 0 saturated heterocycles. The molecule has 0 radical (unpaired) electrons. The van der Waals surface area contributed by atoms with Crippen molar-refractivity contribution >= 4 is 23.6 Å². The average Bonchev–Trinajstić information content (AvgIpc) is 3.08. The van der Waals surface area contributed by atoms with E-state index in [0.29, 0.717) is 0 Å². The largest absolute Gasteiger partial charge is 4.00 e. The van der Waals surface area contributed by atoms with Gasteiger partial charge in [0.1, 0.15) is 17.2 Å². The van der Waals surface area contributed by atoms with Gasteiger partial charge in [-0.15, -0.1) is 6.92 Å². The molecule has 1 unspecified atom stereocenters. The summed E-state index contributed by atoms with van der Waals surface area (Å²) in [5.74, 6) is 2.73. The summed E-state index contributed by atoms with van der Waals surface area (Å²) in [7, 11) is 2.16. The van der Waals surface area contributed by atoms with Crippen molar-refractivity contribution in [1.29, 1.82) is 0 Å². The summed E-state index contributed by atoms with van der Waals surface area (Å²) < 4.78 is 19.0. The zero-order valence-electron chi connectivity index (χ0n) is 28.3. The van der Waals surface area contributed by atoms with Crippen molar-refractivity contribution in [2.75, 3.05) is 21.3 Å². The molecule has 3 aromatic rings. The number of benzene rings is 3. The topological polar surface area (TPSA) is 27.7 Å². The van der Waals surface area contributed by atoms with E-state index in [0.717, 1.165) is 17.2 Å². The molecule has 0 saturated carbocycles. The second-order valence-electron chi connectivity index (χ2n) is 11.9. The molecule has 1 atom stereocenters. The molecule has 0 N–H and O–H groups in total. The zero-order valence-corrected chi connectivity index (χ0v) is 33.2. The van der Waals surface area contributed by atoms with E-state index >= 15 is 0 Å². The van der Waals surface area contributed by atoms with Gasteiger partial charge in [0, 0.05) is 0 Å². The van der Waals surface area contributed by atoms with Crippen LogP contribution in [0.2, 0.25) is 5.04 Å². The first kappa shape index (κ1) is 42.3. The van der Waals surface area contributed by atoms with Crippen molar-refractivity contribution in [3.63, 3.8) is 0 Å². The molecule has 1 aliphatic carbocycles. The van der Waals surface area contributed by atoms with Crippen molar-refractivity contribution in [1.82, 2.24) is 0 Å². The molecular weight excluding hydrogens is 663 g/mol. The third kappa shape index (κ3) is 6.46. The molecule has 8 heteroatoms. The van der Waals surface area contributed by atoms with Crippen LogP contribution in [0.1, 0.15) is 61.1 Å². The first-order chi connectivity index (χ1) is 18.8. The number of halogens is 3. The van der Waals surface area contributed by atoms with Gasteiger partial charge in [0.2, 0.25) is 0 Å². The van der Waals surface area contributed by atoms with Crippen LogP contribution < -0.4 is 67.0 Å². The van der Waals surface area contributed by atoms with E-state index in [1.54, 1.807) is 21.3 Å². The molecule has 3 nitrogen and oxygen atoms in total. The Morgan fingerprint density at radius 3 is 1.07 bits per heavy atom. The van der Waals surface area contributed by atoms with Crippen molar-refractivity contribution in [2.45, 2.75) is 74.3 Å². The number of ether oxygens (including phenoxy) is 3. The van der Waals surface area contributed by atoms with Gasteiger partial charge in [-0.1, -0.05) is 44.0 Å². The smallest absolute Gasteiger partial charge is 1.00 e. The van der Waals surface area contributed by atoms with Crippen LogP contribution in [0.25, 0.3) is 0 Å². The van der Waals surface area contributed by atoms with E-state index in [-0.39, 0.29) is 58.9 Å². The van der Waals surface area contributed by atoms with Gasteiger partial charge in [-0.2, -0.15) is 11.1 Å².